The summed E-state index contributed by atoms with van der Waals surface area (Å²) in [6.45, 7) is 9.80. The third kappa shape index (κ3) is 9.52. The van der Waals surface area contributed by atoms with Crippen LogP contribution in [0.3, 0.4) is 0 Å². The van der Waals surface area contributed by atoms with E-state index >= 15 is 0 Å². The van der Waals surface area contributed by atoms with Gasteiger partial charge in [0.25, 0.3) is 0 Å². The third-order valence-corrected chi connectivity index (χ3v) is 11.8. The monoisotopic (exact) mass is 398 g/mol. The van der Waals surface area contributed by atoms with Crippen molar-refractivity contribution < 1.29 is 8.85 Å². The molecule has 0 aliphatic heterocycles. The first kappa shape index (κ1) is 22.6. The Morgan fingerprint density at radius 1 is 0.500 bits per heavy atom. The lowest BCUT2D eigenvalue weighted by Crippen LogP contribution is -2.41. The third-order valence-electron chi connectivity index (χ3n) is 6.40. The number of hydrogen-bond acceptors (Lipinski definition) is 2. The van der Waals surface area contributed by atoms with E-state index in [4.69, 9.17) is 8.85 Å². The van der Waals surface area contributed by atoms with Crippen LogP contribution in [0.1, 0.15) is 89.9 Å². The molecule has 0 bridgehead atoms. The fraction of sp³-hybridized carbons (Fsp3) is 1.00. The zero-order valence-electron chi connectivity index (χ0n) is 18.3. The van der Waals surface area contributed by atoms with Gasteiger partial charge in [-0.05, 0) is 64.0 Å². The van der Waals surface area contributed by atoms with Crippen molar-refractivity contribution in [2.24, 2.45) is 0 Å². The lowest BCUT2D eigenvalue weighted by Gasteiger charge is -2.35. The van der Waals surface area contributed by atoms with E-state index in [0.717, 1.165) is 0 Å². The first-order chi connectivity index (χ1) is 12.4. The van der Waals surface area contributed by atoms with Crippen molar-refractivity contribution in [1.82, 2.24) is 0 Å². The second-order valence-corrected chi connectivity index (χ2v) is 18.7. The molecule has 4 heteroatoms. The van der Waals surface area contributed by atoms with Gasteiger partial charge >= 0.3 is 0 Å². The normalized spacial score (nSPS) is 23.1. The van der Waals surface area contributed by atoms with Crippen molar-refractivity contribution in [2.45, 2.75) is 140 Å². The molecular formula is C22H46O2Si2. The summed E-state index contributed by atoms with van der Waals surface area (Å²) in [5.41, 5.74) is 0. The van der Waals surface area contributed by atoms with E-state index in [1.807, 2.05) is 0 Å². The predicted octanol–water partition coefficient (Wildman–Crippen LogP) is 7.66. The van der Waals surface area contributed by atoms with Crippen LogP contribution < -0.4 is 0 Å². The van der Waals surface area contributed by atoms with Gasteiger partial charge < -0.3 is 8.85 Å². The Balaban J connectivity index is 1.76. The molecule has 0 atom stereocenters. The minimum atomic E-state index is -1.57. The van der Waals surface area contributed by atoms with Crippen LogP contribution in [0.2, 0.25) is 38.3 Å². The summed E-state index contributed by atoms with van der Waals surface area (Å²) in [5.74, 6) is 0. The summed E-state index contributed by atoms with van der Waals surface area (Å²) in [5, 5.41) is 0. The van der Waals surface area contributed by atoms with Crippen LogP contribution in [-0.2, 0) is 8.85 Å². The zero-order chi connectivity index (χ0) is 18.9. The lowest BCUT2D eigenvalue weighted by atomic mass is 9.99. The molecule has 2 aliphatic carbocycles. The topological polar surface area (TPSA) is 18.5 Å². The minimum Gasteiger partial charge on any atom is -0.414 e. The van der Waals surface area contributed by atoms with E-state index in [-0.39, 0.29) is 0 Å². The smallest absolute Gasteiger partial charge is 0.186 e. The van der Waals surface area contributed by atoms with Crippen LogP contribution in [0.5, 0.6) is 0 Å². The van der Waals surface area contributed by atoms with Gasteiger partial charge in [0.15, 0.2) is 16.6 Å². The van der Waals surface area contributed by atoms with Crippen molar-refractivity contribution in [3.8, 4) is 0 Å². The van der Waals surface area contributed by atoms with Crippen LogP contribution in [-0.4, -0.2) is 28.8 Å². The molecule has 2 aliphatic rings. The molecule has 26 heavy (non-hydrogen) atoms. The van der Waals surface area contributed by atoms with Crippen LogP contribution in [0.25, 0.3) is 0 Å². The maximum atomic E-state index is 6.74. The molecule has 0 aromatic rings. The maximum absolute atomic E-state index is 6.74. The Morgan fingerprint density at radius 2 is 0.769 bits per heavy atom. The average Bonchev–Trinajstić information content (AvgIpc) is 2.51. The van der Waals surface area contributed by atoms with Crippen molar-refractivity contribution in [2.75, 3.05) is 0 Å². The second-order valence-electron chi connectivity index (χ2n) is 10.2. The van der Waals surface area contributed by atoms with Crippen molar-refractivity contribution in [3.63, 3.8) is 0 Å². The molecule has 2 fully saturated rings. The Labute approximate surface area is 166 Å². The summed E-state index contributed by atoms with van der Waals surface area (Å²) in [6.07, 6.45) is 20.3. The zero-order valence-corrected chi connectivity index (χ0v) is 20.3. The standard InChI is InChI=1S/C22H46O2Si2/c1-25(2,23-21-15-11-7-5-8-12-16-21)19-20-26(3,4)24-22-17-13-9-6-10-14-18-22/h21-22H,5-20H2,1-4H3. The molecule has 2 nitrogen and oxygen atoms in total. The SMILES string of the molecule is C[Si](C)(CC[Si](C)(C)OC1CCCCCCC1)OC1CCCCCCC1. The highest BCUT2D eigenvalue weighted by molar-refractivity contribution is 6.76. The first-order valence-electron chi connectivity index (χ1n) is 11.7. The Bertz CT molecular complexity index is 332. The largest absolute Gasteiger partial charge is 0.414 e. The molecule has 0 spiro atoms. The predicted molar refractivity (Wildman–Crippen MR) is 119 cm³/mol. The molecular weight excluding hydrogens is 352 g/mol. The van der Waals surface area contributed by atoms with Crippen LogP contribution in [0, 0.1) is 0 Å². The van der Waals surface area contributed by atoms with Gasteiger partial charge in [0.1, 0.15) is 0 Å². The van der Waals surface area contributed by atoms with Crippen molar-refractivity contribution >= 4 is 16.6 Å². The Kier molecular flexibility index (Phi) is 9.91. The summed E-state index contributed by atoms with van der Waals surface area (Å²) in [7, 11) is -3.14. The van der Waals surface area contributed by atoms with Gasteiger partial charge in [-0.15, -0.1) is 0 Å². The van der Waals surface area contributed by atoms with Gasteiger partial charge in [-0.2, -0.15) is 0 Å². The molecule has 2 saturated carbocycles. The molecule has 0 heterocycles. The molecule has 0 aromatic heterocycles. The van der Waals surface area contributed by atoms with Crippen LogP contribution in [0.4, 0.5) is 0 Å². The van der Waals surface area contributed by atoms with E-state index in [9.17, 15) is 0 Å². The highest BCUT2D eigenvalue weighted by Crippen LogP contribution is 2.29. The van der Waals surface area contributed by atoms with E-state index in [0.29, 0.717) is 12.2 Å². The summed E-state index contributed by atoms with van der Waals surface area (Å²) >= 11 is 0. The molecule has 0 unspecified atom stereocenters. The van der Waals surface area contributed by atoms with Gasteiger partial charge in [0.2, 0.25) is 0 Å². The summed E-state index contributed by atoms with van der Waals surface area (Å²) < 4.78 is 13.5. The Hall–Kier alpha value is 0.354. The Morgan fingerprint density at radius 3 is 1.08 bits per heavy atom. The first-order valence-corrected chi connectivity index (χ1v) is 18.0. The second kappa shape index (κ2) is 11.4. The summed E-state index contributed by atoms with van der Waals surface area (Å²) in [6, 6.07) is 2.57. The fourth-order valence-corrected chi connectivity index (χ4v) is 12.0. The fourth-order valence-electron chi connectivity index (χ4n) is 4.70. The van der Waals surface area contributed by atoms with E-state index < -0.39 is 16.6 Å². The molecule has 0 saturated heterocycles. The van der Waals surface area contributed by atoms with Crippen LogP contribution in [0.15, 0.2) is 0 Å². The summed E-state index contributed by atoms with van der Waals surface area (Å²) in [4.78, 5) is 0. The molecule has 0 N–H and O–H groups in total. The average molecular weight is 399 g/mol. The quantitative estimate of drug-likeness (QED) is 0.410. The van der Waals surface area contributed by atoms with Crippen molar-refractivity contribution in [1.29, 1.82) is 0 Å². The highest BCUT2D eigenvalue weighted by atomic mass is 28.4. The minimum absolute atomic E-state index is 0.549. The van der Waals surface area contributed by atoms with Gasteiger partial charge in [-0.1, -0.05) is 64.2 Å². The maximum Gasteiger partial charge on any atom is 0.186 e. The number of hydrogen-bond donors (Lipinski definition) is 0. The van der Waals surface area contributed by atoms with E-state index in [2.05, 4.69) is 26.2 Å². The van der Waals surface area contributed by atoms with Crippen molar-refractivity contribution in [3.05, 3.63) is 0 Å². The van der Waals surface area contributed by atoms with E-state index in [1.54, 1.807) is 0 Å². The molecule has 2 rings (SSSR count). The van der Waals surface area contributed by atoms with E-state index in [1.165, 1.54) is 102 Å². The lowest BCUT2D eigenvalue weighted by molar-refractivity contribution is 0.152. The molecule has 154 valence electrons. The van der Waals surface area contributed by atoms with Crippen LogP contribution >= 0.6 is 0 Å². The van der Waals surface area contributed by atoms with Gasteiger partial charge in [0, 0.05) is 12.2 Å². The highest BCUT2D eigenvalue weighted by Gasteiger charge is 2.33. The van der Waals surface area contributed by atoms with Gasteiger partial charge in [0.05, 0.1) is 0 Å². The number of rotatable bonds is 7. The van der Waals surface area contributed by atoms with Gasteiger partial charge in [-0.25, -0.2) is 0 Å². The molecule has 0 radical (unpaired) electrons. The molecule has 0 amide bonds. The van der Waals surface area contributed by atoms with Gasteiger partial charge in [-0.3, -0.25) is 0 Å². The molecule has 0 aromatic carbocycles.